The molecule has 2 aliphatic rings. The fourth-order valence-corrected chi connectivity index (χ4v) is 2.90. The van der Waals surface area contributed by atoms with Crippen LogP contribution in [-0.4, -0.2) is 61.3 Å². The number of likely N-dealkylation sites (tertiary alicyclic amines) is 1. The molecule has 0 aromatic rings. The number of ether oxygens (including phenoxy) is 1. The Morgan fingerprint density at radius 1 is 1.29 bits per heavy atom. The van der Waals surface area contributed by atoms with Gasteiger partial charge in [0.2, 0.25) is 0 Å². The van der Waals surface area contributed by atoms with Crippen molar-refractivity contribution in [3.8, 4) is 0 Å². The molecular weight excluding hydrogens is 299 g/mol. The predicted molar refractivity (Wildman–Crippen MR) is 63.0 cm³/mol. The van der Waals surface area contributed by atoms with E-state index in [0.29, 0.717) is 25.9 Å². The summed E-state index contributed by atoms with van der Waals surface area (Å²) in [7, 11) is 0. The zero-order valence-electron chi connectivity index (χ0n) is 11.3. The number of carbonyl (C=O) groups is 1. The van der Waals surface area contributed by atoms with Crippen LogP contribution in [0.2, 0.25) is 0 Å². The van der Waals surface area contributed by atoms with Gasteiger partial charge in [0, 0.05) is 12.5 Å². The van der Waals surface area contributed by atoms with Crippen molar-refractivity contribution in [1.82, 2.24) is 10.2 Å². The van der Waals surface area contributed by atoms with Crippen LogP contribution in [0.4, 0.5) is 22.0 Å². The second-order valence-corrected chi connectivity index (χ2v) is 5.46. The lowest BCUT2D eigenvalue weighted by Gasteiger charge is -2.35. The van der Waals surface area contributed by atoms with Gasteiger partial charge >= 0.3 is 12.1 Å². The van der Waals surface area contributed by atoms with E-state index in [0.717, 1.165) is 0 Å². The number of alkyl halides is 5. The van der Waals surface area contributed by atoms with Gasteiger partial charge in [-0.3, -0.25) is 4.90 Å². The number of rotatable bonds is 3. The largest absolute Gasteiger partial charge is 0.490 e. The molecule has 0 spiro atoms. The van der Waals surface area contributed by atoms with Gasteiger partial charge in [-0.15, -0.1) is 0 Å². The first-order chi connectivity index (χ1) is 9.69. The molecule has 21 heavy (non-hydrogen) atoms. The average Bonchev–Trinajstić information content (AvgIpc) is 2.71. The zero-order chi connectivity index (χ0) is 15.7. The number of nitrogens with one attached hydrogen (secondary N) is 1. The van der Waals surface area contributed by atoms with E-state index < -0.39 is 43.7 Å². The van der Waals surface area contributed by atoms with Crippen LogP contribution in [0.5, 0.6) is 0 Å². The van der Waals surface area contributed by atoms with E-state index in [9.17, 15) is 26.7 Å². The lowest BCUT2D eigenvalue weighted by Crippen LogP contribution is -2.47. The fraction of sp³-hybridized carbons (Fsp3) is 0.917. The molecule has 2 rings (SSSR count). The quantitative estimate of drug-likeness (QED) is 0.634. The molecule has 2 fully saturated rings. The summed E-state index contributed by atoms with van der Waals surface area (Å²) in [4.78, 5) is 12.2. The number of carbonyl (C=O) groups excluding carboxylic acids is 1. The highest BCUT2D eigenvalue weighted by molar-refractivity contribution is 5.75. The monoisotopic (exact) mass is 316 g/mol. The molecule has 0 aromatic carbocycles. The Bertz CT molecular complexity index is 382. The summed E-state index contributed by atoms with van der Waals surface area (Å²) in [6, 6.07) is -0.983. The van der Waals surface area contributed by atoms with E-state index in [-0.39, 0.29) is 6.04 Å². The lowest BCUT2D eigenvalue weighted by molar-refractivity contribution is -0.201. The van der Waals surface area contributed by atoms with Gasteiger partial charge in [0.1, 0.15) is 6.61 Å². The summed E-state index contributed by atoms with van der Waals surface area (Å²) in [5, 5.41) is 3.10. The second-order valence-electron chi connectivity index (χ2n) is 5.46. The maximum absolute atomic E-state index is 13.5. The first kappa shape index (κ1) is 16.4. The summed E-state index contributed by atoms with van der Waals surface area (Å²) in [6.45, 7) is 0.216. The highest BCUT2D eigenvalue weighted by atomic mass is 19.4. The van der Waals surface area contributed by atoms with Crippen molar-refractivity contribution in [1.29, 1.82) is 0 Å². The molecule has 0 bridgehead atoms. The van der Waals surface area contributed by atoms with E-state index in [1.165, 1.54) is 4.90 Å². The number of esters is 1. The Morgan fingerprint density at radius 3 is 2.48 bits per heavy atom. The van der Waals surface area contributed by atoms with Crippen LogP contribution in [0.15, 0.2) is 0 Å². The van der Waals surface area contributed by atoms with E-state index in [1.807, 2.05) is 0 Å². The molecule has 0 aliphatic carbocycles. The van der Waals surface area contributed by atoms with Crippen LogP contribution < -0.4 is 5.32 Å². The van der Waals surface area contributed by atoms with Crippen molar-refractivity contribution in [3.63, 3.8) is 0 Å². The SMILES string of the molecule is O=C(OC[C@H]1CC(F)(F)CN1C1CCNCC1)C(F)(F)F. The topological polar surface area (TPSA) is 41.6 Å². The minimum absolute atomic E-state index is 0.116. The van der Waals surface area contributed by atoms with Crippen molar-refractivity contribution in [2.75, 3.05) is 26.2 Å². The van der Waals surface area contributed by atoms with Gasteiger partial charge in [0.15, 0.2) is 0 Å². The van der Waals surface area contributed by atoms with Gasteiger partial charge in [0.25, 0.3) is 5.92 Å². The third-order valence-electron chi connectivity index (χ3n) is 3.83. The third-order valence-corrected chi connectivity index (χ3v) is 3.83. The van der Waals surface area contributed by atoms with Gasteiger partial charge in [-0.2, -0.15) is 13.2 Å². The minimum atomic E-state index is -5.10. The molecule has 1 N–H and O–H groups in total. The maximum Gasteiger partial charge on any atom is 0.490 e. The number of halogens is 5. The van der Waals surface area contributed by atoms with Gasteiger partial charge < -0.3 is 10.1 Å². The molecule has 2 heterocycles. The first-order valence-corrected chi connectivity index (χ1v) is 6.77. The molecule has 0 aromatic heterocycles. The van der Waals surface area contributed by atoms with Gasteiger partial charge in [-0.25, -0.2) is 13.6 Å². The summed E-state index contributed by atoms with van der Waals surface area (Å²) in [5.41, 5.74) is 0. The Kier molecular flexibility index (Phi) is 4.72. The number of hydrogen-bond donors (Lipinski definition) is 1. The summed E-state index contributed by atoms with van der Waals surface area (Å²) in [5.74, 6) is -5.29. The summed E-state index contributed by atoms with van der Waals surface area (Å²) >= 11 is 0. The highest BCUT2D eigenvalue weighted by Gasteiger charge is 2.49. The van der Waals surface area contributed by atoms with Gasteiger partial charge in [0.05, 0.1) is 12.6 Å². The van der Waals surface area contributed by atoms with Crippen LogP contribution in [0.25, 0.3) is 0 Å². The molecule has 0 saturated carbocycles. The van der Waals surface area contributed by atoms with Crippen LogP contribution in [0.1, 0.15) is 19.3 Å². The standard InChI is InChI=1S/C12H17F5N2O2/c13-11(14)5-9(6-21-10(20)12(15,16)17)19(7-11)8-1-3-18-4-2-8/h8-9,18H,1-7H2/t9-/m1/s1. The third kappa shape index (κ3) is 4.26. The lowest BCUT2D eigenvalue weighted by atomic mass is 10.0. The second kappa shape index (κ2) is 6.04. The van der Waals surface area contributed by atoms with Crippen LogP contribution >= 0.6 is 0 Å². The molecule has 1 atom stereocenters. The van der Waals surface area contributed by atoms with Crippen molar-refractivity contribution in [3.05, 3.63) is 0 Å². The predicted octanol–water partition coefficient (Wildman–Crippen LogP) is 1.55. The normalized spacial score (nSPS) is 27.8. The molecule has 0 amide bonds. The van der Waals surface area contributed by atoms with Gasteiger partial charge in [-0.05, 0) is 25.9 Å². The van der Waals surface area contributed by atoms with Crippen LogP contribution in [-0.2, 0) is 9.53 Å². The molecule has 9 heteroatoms. The van der Waals surface area contributed by atoms with Crippen LogP contribution in [0, 0.1) is 0 Å². The van der Waals surface area contributed by atoms with Crippen molar-refractivity contribution in [2.24, 2.45) is 0 Å². The zero-order valence-corrected chi connectivity index (χ0v) is 11.3. The maximum atomic E-state index is 13.5. The average molecular weight is 316 g/mol. The van der Waals surface area contributed by atoms with Crippen molar-refractivity contribution < 1.29 is 31.5 Å². The molecular formula is C12H17F5N2O2. The number of piperidine rings is 1. The molecule has 0 radical (unpaired) electrons. The van der Waals surface area contributed by atoms with Crippen molar-refractivity contribution >= 4 is 5.97 Å². The first-order valence-electron chi connectivity index (χ1n) is 6.77. The minimum Gasteiger partial charge on any atom is -0.457 e. The Morgan fingerprint density at radius 2 is 1.90 bits per heavy atom. The smallest absolute Gasteiger partial charge is 0.457 e. The van der Waals surface area contributed by atoms with E-state index >= 15 is 0 Å². The number of nitrogens with zero attached hydrogens (tertiary/aromatic N) is 1. The molecule has 4 nitrogen and oxygen atoms in total. The molecule has 2 saturated heterocycles. The Hall–Kier alpha value is -0.960. The van der Waals surface area contributed by atoms with Crippen molar-refractivity contribution in [2.45, 2.75) is 43.4 Å². The van der Waals surface area contributed by atoms with E-state index in [1.54, 1.807) is 0 Å². The Balaban J connectivity index is 1.96. The molecule has 2 aliphatic heterocycles. The van der Waals surface area contributed by atoms with Crippen LogP contribution in [0.3, 0.4) is 0 Å². The van der Waals surface area contributed by atoms with Gasteiger partial charge in [-0.1, -0.05) is 0 Å². The molecule has 0 unspecified atom stereocenters. The summed E-state index contributed by atoms with van der Waals surface area (Å²) in [6.07, 6.45) is -4.37. The highest BCUT2D eigenvalue weighted by Crippen LogP contribution is 2.35. The van der Waals surface area contributed by atoms with E-state index in [4.69, 9.17) is 0 Å². The summed E-state index contributed by atoms with van der Waals surface area (Å²) < 4.78 is 67.5. The molecule has 122 valence electrons. The Labute approximate surface area is 118 Å². The fourth-order valence-electron chi connectivity index (χ4n) is 2.90. The number of hydrogen-bond acceptors (Lipinski definition) is 4. The van der Waals surface area contributed by atoms with E-state index in [2.05, 4.69) is 10.1 Å².